The van der Waals surface area contributed by atoms with E-state index in [1.54, 1.807) is 35.4 Å². The van der Waals surface area contributed by atoms with Crippen molar-refractivity contribution in [3.05, 3.63) is 60.2 Å². The first-order chi connectivity index (χ1) is 8.35. The minimum Gasteiger partial charge on any atom is -0.305 e. The van der Waals surface area contributed by atoms with Crippen LogP contribution in [0.25, 0.3) is 5.70 Å². The lowest BCUT2D eigenvalue weighted by atomic mass is 10.1. The Labute approximate surface area is 98.7 Å². The first-order valence-corrected chi connectivity index (χ1v) is 4.94. The van der Waals surface area contributed by atoms with Crippen molar-refractivity contribution in [2.24, 2.45) is 0 Å². The predicted molar refractivity (Wildman–Crippen MR) is 62.4 cm³/mol. The molecule has 1 heterocycles. The van der Waals surface area contributed by atoms with Gasteiger partial charge in [-0.1, -0.05) is 12.1 Å². The highest BCUT2D eigenvalue weighted by Crippen LogP contribution is 2.16. The molecule has 0 unspecified atom stereocenters. The van der Waals surface area contributed by atoms with Gasteiger partial charge in [0.1, 0.15) is 0 Å². The third kappa shape index (κ3) is 2.22. The Morgan fingerprint density at radius 2 is 2.00 bits per heavy atom. The molecular formula is C13H8N4. The number of hydrogen-bond acceptors (Lipinski definition) is 3. The topological polar surface area (TPSA) is 65.4 Å². The van der Waals surface area contributed by atoms with Gasteiger partial charge in [-0.05, 0) is 17.7 Å². The maximum absolute atomic E-state index is 8.79. The van der Waals surface area contributed by atoms with Gasteiger partial charge in [0.25, 0.3) is 0 Å². The van der Waals surface area contributed by atoms with E-state index in [0.29, 0.717) is 5.56 Å². The highest BCUT2D eigenvalue weighted by atomic mass is 15.0. The number of allylic oxidation sites excluding steroid dienone is 1. The largest absolute Gasteiger partial charge is 0.305 e. The first-order valence-electron chi connectivity index (χ1n) is 4.94. The molecule has 2 rings (SSSR count). The van der Waals surface area contributed by atoms with Gasteiger partial charge in [0.15, 0.2) is 0 Å². The molecule has 0 spiro atoms. The van der Waals surface area contributed by atoms with Crippen LogP contribution in [-0.2, 0) is 0 Å². The van der Waals surface area contributed by atoms with E-state index in [0.717, 1.165) is 11.3 Å². The lowest BCUT2D eigenvalue weighted by Crippen LogP contribution is -1.95. The lowest BCUT2D eigenvalue weighted by Gasteiger charge is -2.06. The molecule has 0 radical (unpaired) electrons. The second-order valence-electron chi connectivity index (χ2n) is 3.32. The van der Waals surface area contributed by atoms with Gasteiger partial charge >= 0.3 is 0 Å². The molecule has 4 nitrogen and oxygen atoms in total. The zero-order valence-electron chi connectivity index (χ0n) is 8.91. The summed E-state index contributed by atoms with van der Waals surface area (Å²) in [5.41, 5.74) is 2.19. The van der Waals surface area contributed by atoms with Gasteiger partial charge in [-0.25, -0.2) is 4.98 Å². The lowest BCUT2D eigenvalue weighted by molar-refractivity contribution is 1.09. The SMILES string of the molecule is N#CC=C(c1ccc(C#N)cc1)n1ccnc1. The Bertz CT molecular complexity index is 607. The molecule has 0 aliphatic rings. The van der Waals surface area contributed by atoms with Gasteiger partial charge in [-0.2, -0.15) is 10.5 Å². The normalized spacial score (nSPS) is 10.6. The van der Waals surface area contributed by atoms with Crippen LogP contribution >= 0.6 is 0 Å². The van der Waals surface area contributed by atoms with Crippen LogP contribution in [-0.4, -0.2) is 9.55 Å². The maximum atomic E-state index is 8.79. The van der Waals surface area contributed by atoms with Gasteiger partial charge in [0, 0.05) is 18.5 Å². The highest BCUT2D eigenvalue weighted by molar-refractivity contribution is 5.68. The second-order valence-corrected chi connectivity index (χ2v) is 3.32. The van der Waals surface area contributed by atoms with E-state index < -0.39 is 0 Å². The molecule has 4 heteroatoms. The summed E-state index contributed by atoms with van der Waals surface area (Å²) in [5.74, 6) is 0. The smallest absolute Gasteiger partial charge is 0.0992 e. The average Bonchev–Trinajstić information content (AvgIpc) is 2.90. The Balaban J connectivity index is 2.45. The minimum absolute atomic E-state index is 0.593. The van der Waals surface area contributed by atoms with Crippen LogP contribution in [0.1, 0.15) is 11.1 Å². The van der Waals surface area contributed by atoms with Crippen LogP contribution in [0.4, 0.5) is 0 Å². The van der Waals surface area contributed by atoms with Gasteiger partial charge in [-0.3, -0.25) is 0 Å². The number of nitriles is 2. The molecule has 0 saturated heterocycles. The number of aromatic nitrogens is 2. The zero-order valence-corrected chi connectivity index (χ0v) is 8.91. The van der Waals surface area contributed by atoms with E-state index >= 15 is 0 Å². The average molecular weight is 220 g/mol. The Hall–Kier alpha value is -2.85. The van der Waals surface area contributed by atoms with Gasteiger partial charge < -0.3 is 4.57 Å². The summed E-state index contributed by atoms with van der Waals surface area (Å²) in [6.07, 6.45) is 6.49. The maximum Gasteiger partial charge on any atom is 0.0992 e. The molecule has 0 aliphatic heterocycles. The number of benzene rings is 1. The third-order valence-corrected chi connectivity index (χ3v) is 2.29. The van der Waals surface area contributed by atoms with Crippen molar-refractivity contribution in [1.29, 1.82) is 10.5 Å². The quantitative estimate of drug-likeness (QED) is 0.728. The zero-order chi connectivity index (χ0) is 12.1. The molecule has 0 fully saturated rings. The Morgan fingerprint density at radius 1 is 1.24 bits per heavy atom. The summed E-state index contributed by atoms with van der Waals surface area (Å²) in [6, 6.07) is 11.1. The standard InChI is InChI=1S/C13H8N4/c14-6-5-13(17-8-7-16-10-17)12-3-1-11(9-15)2-4-12/h1-5,7-8,10H. The highest BCUT2D eigenvalue weighted by Gasteiger charge is 2.03. The van der Waals surface area contributed by atoms with E-state index in [2.05, 4.69) is 11.1 Å². The van der Waals surface area contributed by atoms with Crippen LogP contribution in [0.3, 0.4) is 0 Å². The van der Waals surface area contributed by atoms with Crippen molar-refractivity contribution in [1.82, 2.24) is 9.55 Å². The third-order valence-electron chi connectivity index (χ3n) is 2.29. The van der Waals surface area contributed by atoms with Crippen LogP contribution in [0.2, 0.25) is 0 Å². The number of hydrogen-bond donors (Lipinski definition) is 0. The summed E-state index contributed by atoms with van der Waals surface area (Å²) in [7, 11) is 0. The number of nitrogens with zero attached hydrogens (tertiary/aromatic N) is 4. The monoisotopic (exact) mass is 220 g/mol. The van der Waals surface area contributed by atoms with E-state index in [1.165, 1.54) is 6.08 Å². The fourth-order valence-electron chi connectivity index (χ4n) is 1.49. The minimum atomic E-state index is 0.593. The van der Waals surface area contributed by atoms with Crippen molar-refractivity contribution >= 4 is 5.70 Å². The summed E-state index contributed by atoms with van der Waals surface area (Å²) in [4.78, 5) is 3.94. The van der Waals surface area contributed by atoms with Crippen molar-refractivity contribution in [3.63, 3.8) is 0 Å². The Morgan fingerprint density at radius 3 is 2.53 bits per heavy atom. The summed E-state index contributed by atoms with van der Waals surface area (Å²) >= 11 is 0. The number of rotatable bonds is 2. The van der Waals surface area contributed by atoms with E-state index in [4.69, 9.17) is 10.5 Å². The molecule has 0 bridgehead atoms. The van der Waals surface area contributed by atoms with Gasteiger partial charge in [-0.15, -0.1) is 0 Å². The van der Waals surface area contributed by atoms with Crippen LogP contribution in [0.15, 0.2) is 49.1 Å². The molecule has 0 N–H and O–H groups in total. The number of imidazole rings is 1. The van der Waals surface area contributed by atoms with Crippen LogP contribution < -0.4 is 0 Å². The molecule has 0 amide bonds. The van der Waals surface area contributed by atoms with Gasteiger partial charge in [0.2, 0.25) is 0 Å². The molecular weight excluding hydrogens is 212 g/mol. The molecule has 17 heavy (non-hydrogen) atoms. The van der Waals surface area contributed by atoms with E-state index in [-0.39, 0.29) is 0 Å². The van der Waals surface area contributed by atoms with Crippen molar-refractivity contribution in [3.8, 4) is 12.1 Å². The van der Waals surface area contributed by atoms with Crippen molar-refractivity contribution < 1.29 is 0 Å². The first kappa shape index (κ1) is 10.7. The van der Waals surface area contributed by atoms with Crippen LogP contribution in [0, 0.1) is 22.7 Å². The summed E-state index contributed by atoms with van der Waals surface area (Å²) in [6.45, 7) is 0. The summed E-state index contributed by atoms with van der Waals surface area (Å²) in [5, 5.41) is 17.5. The molecule has 0 aliphatic carbocycles. The van der Waals surface area contributed by atoms with Crippen molar-refractivity contribution in [2.75, 3.05) is 0 Å². The summed E-state index contributed by atoms with van der Waals surface area (Å²) < 4.78 is 1.75. The van der Waals surface area contributed by atoms with E-state index in [1.807, 2.05) is 18.2 Å². The molecule has 2 aromatic rings. The van der Waals surface area contributed by atoms with Crippen molar-refractivity contribution in [2.45, 2.75) is 0 Å². The fourth-order valence-corrected chi connectivity index (χ4v) is 1.49. The molecule has 0 saturated carbocycles. The van der Waals surface area contributed by atoms with Crippen LogP contribution in [0.5, 0.6) is 0 Å². The van der Waals surface area contributed by atoms with E-state index in [9.17, 15) is 0 Å². The molecule has 0 atom stereocenters. The second kappa shape index (κ2) is 4.78. The molecule has 1 aromatic heterocycles. The fraction of sp³-hybridized carbons (Fsp3) is 0. The predicted octanol–water partition coefficient (Wildman–Crippen LogP) is 2.17. The van der Waals surface area contributed by atoms with Gasteiger partial charge in [0.05, 0.1) is 29.7 Å². The molecule has 1 aromatic carbocycles. The Kier molecular flexibility index (Phi) is 3.00. The molecule has 80 valence electrons.